The molecule has 0 spiro atoms. The number of aliphatic hydroxyl groups excluding tert-OH is 1. The van der Waals surface area contributed by atoms with Crippen LogP contribution in [-0.2, 0) is 20.0 Å². The van der Waals surface area contributed by atoms with Crippen LogP contribution in [0.15, 0.2) is 18.6 Å². The number of hydrogen-bond acceptors (Lipinski definition) is 5. The number of rotatable bonds is 6. The van der Waals surface area contributed by atoms with E-state index in [-0.39, 0.29) is 0 Å². The molecule has 0 bridgehead atoms. The summed E-state index contributed by atoms with van der Waals surface area (Å²) in [6, 6.07) is 0. The molecule has 6 heteroatoms. The number of nitrogens with zero attached hydrogens (tertiary/aromatic N) is 4. The van der Waals surface area contributed by atoms with E-state index in [9.17, 15) is 5.11 Å². The second-order valence-corrected chi connectivity index (χ2v) is 8.47. The molecule has 5 nitrogen and oxygen atoms in total. The Morgan fingerprint density at radius 3 is 2.67 bits per heavy atom. The highest BCUT2D eigenvalue weighted by atomic mass is 32.1. The summed E-state index contributed by atoms with van der Waals surface area (Å²) in [5.41, 5.74) is 0. The molecule has 1 aliphatic heterocycles. The van der Waals surface area contributed by atoms with Gasteiger partial charge in [0.15, 0.2) is 0 Å². The van der Waals surface area contributed by atoms with Crippen molar-refractivity contribution in [2.24, 2.45) is 18.9 Å². The lowest BCUT2D eigenvalue weighted by Crippen LogP contribution is -2.35. The van der Waals surface area contributed by atoms with Crippen LogP contribution in [-0.4, -0.2) is 37.6 Å². The normalized spacial score (nSPS) is 18.4. The lowest BCUT2D eigenvalue weighted by Gasteiger charge is -2.33. The highest BCUT2D eigenvalue weighted by Gasteiger charge is 2.28. The van der Waals surface area contributed by atoms with Gasteiger partial charge in [-0.1, -0.05) is 13.8 Å². The Kier molecular flexibility index (Phi) is 5.69. The Balaban J connectivity index is 1.50. The van der Waals surface area contributed by atoms with Crippen molar-refractivity contribution in [1.29, 1.82) is 0 Å². The van der Waals surface area contributed by atoms with E-state index in [1.165, 1.54) is 9.88 Å². The Bertz CT molecular complexity index is 643. The Morgan fingerprint density at radius 2 is 2.04 bits per heavy atom. The number of aryl methyl sites for hydroxylation is 1. The van der Waals surface area contributed by atoms with E-state index in [0.717, 1.165) is 44.7 Å². The quantitative estimate of drug-likeness (QED) is 0.872. The van der Waals surface area contributed by atoms with Gasteiger partial charge in [-0.05, 0) is 37.8 Å². The summed E-state index contributed by atoms with van der Waals surface area (Å²) in [4.78, 5) is 12.7. The van der Waals surface area contributed by atoms with Crippen LogP contribution in [0.25, 0.3) is 0 Å². The van der Waals surface area contributed by atoms with Crippen LogP contribution in [0.3, 0.4) is 0 Å². The molecule has 0 saturated carbocycles. The fourth-order valence-corrected chi connectivity index (χ4v) is 4.56. The van der Waals surface area contributed by atoms with Crippen molar-refractivity contribution in [2.75, 3.05) is 13.1 Å². The first-order valence-corrected chi connectivity index (χ1v) is 9.65. The largest absolute Gasteiger partial charge is 0.385 e. The van der Waals surface area contributed by atoms with Crippen LogP contribution in [0.4, 0.5) is 0 Å². The molecular weight excluding hydrogens is 320 g/mol. The molecule has 1 aliphatic rings. The summed E-state index contributed by atoms with van der Waals surface area (Å²) >= 11 is 1.85. The minimum Gasteiger partial charge on any atom is -0.385 e. The van der Waals surface area contributed by atoms with Crippen LogP contribution >= 0.6 is 11.3 Å². The predicted octanol–water partition coefficient (Wildman–Crippen LogP) is 3.02. The van der Waals surface area contributed by atoms with Gasteiger partial charge in [0.1, 0.15) is 11.9 Å². The van der Waals surface area contributed by atoms with Crippen LogP contribution in [0.5, 0.6) is 0 Å². The van der Waals surface area contributed by atoms with Crippen molar-refractivity contribution >= 4 is 11.3 Å². The number of imidazole rings is 1. The zero-order valence-electron chi connectivity index (χ0n) is 14.9. The van der Waals surface area contributed by atoms with E-state index in [0.29, 0.717) is 11.8 Å². The topological polar surface area (TPSA) is 54.2 Å². The number of hydrogen-bond donors (Lipinski definition) is 1. The van der Waals surface area contributed by atoms with Crippen molar-refractivity contribution in [1.82, 2.24) is 19.4 Å². The smallest absolute Gasteiger partial charge is 0.137 e. The van der Waals surface area contributed by atoms with E-state index in [1.54, 1.807) is 6.20 Å². The van der Waals surface area contributed by atoms with Gasteiger partial charge >= 0.3 is 0 Å². The van der Waals surface area contributed by atoms with Crippen molar-refractivity contribution in [2.45, 2.75) is 45.8 Å². The maximum absolute atomic E-state index is 10.6. The van der Waals surface area contributed by atoms with Crippen LogP contribution in [0.2, 0.25) is 0 Å². The third kappa shape index (κ3) is 4.23. The molecule has 3 rings (SSSR count). The van der Waals surface area contributed by atoms with Crippen molar-refractivity contribution < 1.29 is 5.11 Å². The van der Waals surface area contributed by atoms with Crippen LogP contribution < -0.4 is 0 Å². The molecule has 0 amide bonds. The minimum atomic E-state index is -0.451. The summed E-state index contributed by atoms with van der Waals surface area (Å²) in [5.74, 6) is 1.75. The number of likely N-dealkylation sites (tertiary alicyclic amines) is 1. The number of aliphatic hydroxyl groups is 1. The Hall–Kier alpha value is -1.24. The van der Waals surface area contributed by atoms with Gasteiger partial charge in [-0.3, -0.25) is 4.90 Å². The Labute approximate surface area is 148 Å². The lowest BCUT2D eigenvalue weighted by molar-refractivity contribution is 0.0494. The van der Waals surface area contributed by atoms with E-state index in [2.05, 4.69) is 28.7 Å². The second-order valence-electron chi connectivity index (χ2n) is 7.27. The van der Waals surface area contributed by atoms with E-state index in [1.807, 2.05) is 35.3 Å². The van der Waals surface area contributed by atoms with Crippen molar-refractivity contribution in [3.8, 4) is 0 Å². The van der Waals surface area contributed by atoms with E-state index < -0.39 is 6.10 Å². The monoisotopic (exact) mass is 348 g/mol. The van der Waals surface area contributed by atoms with Crippen LogP contribution in [0, 0.1) is 11.8 Å². The molecule has 0 aromatic carbocycles. The summed E-state index contributed by atoms with van der Waals surface area (Å²) < 4.78 is 1.92. The molecule has 24 heavy (non-hydrogen) atoms. The van der Waals surface area contributed by atoms with E-state index >= 15 is 0 Å². The minimum absolute atomic E-state index is 0.306. The molecule has 1 saturated heterocycles. The van der Waals surface area contributed by atoms with Crippen LogP contribution in [0.1, 0.15) is 48.5 Å². The molecule has 1 N–H and O–H groups in total. The second kappa shape index (κ2) is 7.76. The van der Waals surface area contributed by atoms with Gasteiger partial charge in [0.25, 0.3) is 0 Å². The molecule has 0 radical (unpaired) electrons. The number of thiazole rings is 1. The fourth-order valence-electron chi connectivity index (χ4n) is 3.38. The third-order valence-electron chi connectivity index (χ3n) is 4.77. The summed E-state index contributed by atoms with van der Waals surface area (Å²) in [7, 11) is 1.94. The lowest BCUT2D eigenvalue weighted by atomic mass is 9.90. The average Bonchev–Trinajstić information content (AvgIpc) is 3.16. The van der Waals surface area contributed by atoms with Gasteiger partial charge in [-0.2, -0.15) is 0 Å². The van der Waals surface area contributed by atoms with Crippen molar-refractivity contribution in [3.63, 3.8) is 0 Å². The molecule has 0 aliphatic carbocycles. The molecule has 2 aromatic rings. The van der Waals surface area contributed by atoms with Gasteiger partial charge in [-0.15, -0.1) is 11.3 Å². The van der Waals surface area contributed by atoms with Gasteiger partial charge in [0.2, 0.25) is 0 Å². The standard InChI is InChI=1S/C18H28N4OS/c1-13(2)10-16-20-11-15(24-16)12-22-7-4-14(5-8-22)17(23)18-19-6-9-21(18)3/h6,9,11,13-14,17,23H,4-5,7-8,10,12H2,1-3H3. The third-order valence-corrected chi connectivity index (χ3v) is 5.77. The maximum Gasteiger partial charge on any atom is 0.137 e. The Morgan fingerprint density at radius 1 is 1.29 bits per heavy atom. The van der Waals surface area contributed by atoms with Gasteiger partial charge in [0, 0.05) is 43.5 Å². The summed E-state index contributed by atoms with van der Waals surface area (Å²) in [5, 5.41) is 11.8. The zero-order chi connectivity index (χ0) is 17.1. The predicted molar refractivity (Wildman–Crippen MR) is 96.8 cm³/mol. The average molecular weight is 349 g/mol. The maximum atomic E-state index is 10.6. The number of piperidine rings is 1. The molecule has 1 fully saturated rings. The number of aromatic nitrogens is 3. The molecule has 132 valence electrons. The molecule has 1 unspecified atom stereocenters. The van der Waals surface area contributed by atoms with Gasteiger partial charge < -0.3 is 9.67 Å². The molecular formula is C18H28N4OS. The fraction of sp³-hybridized carbons (Fsp3) is 0.667. The van der Waals surface area contributed by atoms with Gasteiger partial charge in [0.05, 0.1) is 5.01 Å². The highest BCUT2D eigenvalue weighted by molar-refractivity contribution is 7.11. The molecule has 3 heterocycles. The zero-order valence-corrected chi connectivity index (χ0v) is 15.7. The SMILES string of the molecule is CC(C)Cc1ncc(CN2CCC(C(O)c3nccn3C)CC2)s1. The summed E-state index contributed by atoms with van der Waals surface area (Å²) in [6.07, 6.45) is 8.35. The van der Waals surface area contributed by atoms with Crippen molar-refractivity contribution in [3.05, 3.63) is 34.3 Å². The van der Waals surface area contributed by atoms with E-state index in [4.69, 9.17) is 0 Å². The molecule has 1 atom stereocenters. The molecule has 2 aromatic heterocycles. The summed E-state index contributed by atoms with van der Waals surface area (Å²) in [6.45, 7) is 7.52. The first kappa shape index (κ1) is 17.6. The highest BCUT2D eigenvalue weighted by Crippen LogP contribution is 2.30. The first-order valence-electron chi connectivity index (χ1n) is 8.84. The first-order chi connectivity index (χ1) is 11.5. The van der Waals surface area contributed by atoms with Gasteiger partial charge in [-0.25, -0.2) is 9.97 Å².